The van der Waals surface area contributed by atoms with E-state index in [1.807, 2.05) is 6.07 Å². The van der Waals surface area contributed by atoms with Crippen molar-refractivity contribution in [3.8, 4) is 0 Å². The quantitative estimate of drug-likeness (QED) is 0.728. The molecule has 1 atom stereocenters. The molecule has 0 saturated carbocycles. The molecule has 0 bridgehead atoms. The second-order valence-electron chi connectivity index (χ2n) is 5.20. The molecule has 0 spiro atoms. The predicted molar refractivity (Wildman–Crippen MR) is 92.9 cm³/mol. The molecule has 3 aromatic carbocycles. The number of hydrogen-bond acceptors (Lipinski definition) is 1. The van der Waals surface area contributed by atoms with Gasteiger partial charge in [-0.1, -0.05) is 72.8 Å². The second kappa shape index (κ2) is 7.26. The minimum absolute atomic E-state index is 0. The zero-order chi connectivity index (χ0) is 13.8. The molecule has 0 aliphatic rings. The van der Waals surface area contributed by atoms with E-state index < -0.39 is 0 Å². The lowest BCUT2D eigenvalue weighted by molar-refractivity contribution is 0.656. The largest absolute Gasteiger partial charge is 0.324 e. The summed E-state index contributed by atoms with van der Waals surface area (Å²) in [4.78, 5) is 0. The molecule has 0 saturated heterocycles. The van der Waals surface area contributed by atoms with Crippen molar-refractivity contribution in [2.45, 2.75) is 18.9 Å². The number of halogens is 1. The summed E-state index contributed by atoms with van der Waals surface area (Å²) in [7, 11) is 0. The highest BCUT2D eigenvalue weighted by atomic mass is 35.5. The summed E-state index contributed by atoms with van der Waals surface area (Å²) in [5, 5.41) is 2.54. The van der Waals surface area contributed by atoms with Crippen LogP contribution in [0.1, 0.15) is 23.6 Å². The Morgan fingerprint density at radius 2 is 1.43 bits per heavy atom. The number of benzene rings is 3. The van der Waals surface area contributed by atoms with Gasteiger partial charge in [-0.05, 0) is 34.7 Å². The minimum atomic E-state index is 0. The van der Waals surface area contributed by atoms with Gasteiger partial charge in [0.1, 0.15) is 0 Å². The van der Waals surface area contributed by atoms with Gasteiger partial charge in [-0.25, -0.2) is 0 Å². The van der Waals surface area contributed by atoms with Crippen LogP contribution in [0.3, 0.4) is 0 Å². The van der Waals surface area contributed by atoms with Crippen LogP contribution in [0.2, 0.25) is 0 Å². The van der Waals surface area contributed by atoms with Gasteiger partial charge in [0.15, 0.2) is 0 Å². The standard InChI is InChI=1S/C19H19N.ClH/c20-19(14-13-15-7-2-1-3-8-15)18-12-6-10-16-9-4-5-11-17(16)18;/h1-12,19H,13-14,20H2;1H. The molecular weight excluding hydrogens is 278 g/mol. The van der Waals surface area contributed by atoms with Crippen molar-refractivity contribution in [2.75, 3.05) is 0 Å². The fourth-order valence-electron chi connectivity index (χ4n) is 2.70. The third-order valence-electron chi connectivity index (χ3n) is 3.81. The lowest BCUT2D eigenvalue weighted by Crippen LogP contribution is -2.11. The fraction of sp³-hybridized carbons (Fsp3) is 0.158. The monoisotopic (exact) mass is 297 g/mol. The maximum absolute atomic E-state index is 6.41. The molecule has 0 aliphatic heterocycles. The van der Waals surface area contributed by atoms with Crippen LogP contribution in [0.25, 0.3) is 10.8 Å². The Labute approximate surface area is 132 Å². The lowest BCUT2D eigenvalue weighted by Gasteiger charge is -2.14. The Balaban J connectivity index is 0.00000161. The first-order chi connectivity index (χ1) is 9.84. The first-order valence-electron chi connectivity index (χ1n) is 7.12. The smallest absolute Gasteiger partial charge is 0.0304 e. The van der Waals surface area contributed by atoms with Gasteiger partial charge in [-0.3, -0.25) is 0 Å². The molecular formula is C19H20ClN. The van der Waals surface area contributed by atoms with Crippen molar-refractivity contribution in [1.82, 2.24) is 0 Å². The van der Waals surface area contributed by atoms with Crippen molar-refractivity contribution in [1.29, 1.82) is 0 Å². The molecule has 2 N–H and O–H groups in total. The number of rotatable bonds is 4. The Bertz CT molecular complexity index is 689. The van der Waals surface area contributed by atoms with E-state index in [-0.39, 0.29) is 18.4 Å². The van der Waals surface area contributed by atoms with E-state index in [1.165, 1.54) is 21.9 Å². The van der Waals surface area contributed by atoms with Crippen molar-refractivity contribution in [3.05, 3.63) is 83.9 Å². The summed E-state index contributed by atoms with van der Waals surface area (Å²) >= 11 is 0. The summed E-state index contributed by atoms with van der Waals surface area (Å²) < 4.78 is 0. The fourth-order valence-corrected chi connectivity index (χ4v) is 2.70. The van der Waals surface area contributed by atoms with Gasteiger partial charge >= 0.3 is 0 Å². The maximum Gasteiger partial charge on any atom is 0.0304 e. The molecule has 3 aromatic rings. The number of fused-ring (bicyclic) bond motifs is 1. The van der Waals surface area contributed by atoms with E-state index >= 15 is 0 Å². The van der Waals surface area contributed by atoms with Crippen LogP contribution in [0.4, 0.5) is 0 Å². The number of nitrogens with two attached hydrogens (primary N) is 1. The molecule has 0 amide bonds. The van der Waals surface area contributed by atoms with E-state index in [9.17, 15) is 0 Å². The minimum Gasteiger partial charge on any atom is -0.324 e. The average molecular weight is 298 g/mol. The van der Waals surface area contributed by atoms with Crippen LogP contribution in [0.15, 0.2) is 72.8 Å². The normalized spacial score (nSPS) is 11.9. The zero-order valence-corrected chi connectivity index (χ0v) is 12.7. The van der Waals surface area contributed by atoms with Gasteiger partial charge in [-0.15, -0.1) is 12.4 Å². The van der Waals surface area contributed by atoms with E-state index in [2.05, 4.69) is 66.7 Å². The predicted octanol–water partition coefficient (Wildman–Crippen LogP) is 4.89. The van der Waals surface area contributed by atoms with Crippen molar-refractivity contribution >= 4 is 23.2 Å². The van der Waals surface area contributed by atoms with Gasteiger partial charge in [0.05, 0.1) is 0 Å². The zero-order valence-electron chi connectivity index (χ0n) is 11.9. The Hall–Kier alpha value is -1.83. The highest BCUT2D eigenvalue weighted by Crippen LogP contribution is 2.25. The van der Waals surface area contributed by atoms with Crippen LogP contribution in [-0.4, -0.2) is 0 Å². The van der Waals surface area contributed by atoms with Crippen molar-refractivity contribution < 1.29 is 0 Å². The number of aryl methyl sites for hydroxylation is 1. The van der Waals surface area contributed by atoms with Crippen molar-refractivity contribution in [3.63, 3.8) is 0 Å². The van der Waals surface area contributed by atoms with E-state index in [4.69, 9.17) is 5.73 Å². The molecule has 108 valence electrons. The molecule has 3 rings (SSSR count). The maximum atomic E-state index is 6.41. The van der Waals surface area contributed by atoms with Gasteiger partial charge in [0.2, 0.25) is 0 Å². The first-order valence-corrected chi connectivity index (χ1v) is 7.12. The molecule has 1 nitrogen and oxygen atoms in total. The Morgan fingerprint density at radius 1 is 0.762 bits per heavy atom. The Morgan fingerprint density at radius 3 is 2.24 bits per heavy atom. The van der Waals surface area contributed by atoms with Crippen LogP contribution >= 0.6 is 12.4 Å². The Kier molecular flexibility index (Phi) is 5.38. The third kappa shape index (κ3) is 3.63. The molecule has 0 fully saturated rings. The van der Waals surface area contributed by atoms with Gasteiger partial charge < -0.3 is 5.73 Å². The van der Waals surface area contributed by atoms with Gasteiger partial charge in [0.25, 0.3) is 0 Å². The topological polar surface area (TPSA) is 26.0 Å². The summed E-state index contributed by atoms with van der Waals surface area (Å²) in [6.07, 6.45) is 1.99. The van der Waals surface area contributed by atoms with Crippen LogP contribution in [0.5, 0.6) is 0 Å². The summed E-state index contributed by atoms with van der Waals surface area (Å²) in [5.41, 5.74) is 9.01. The summed E-state index contributed by atoms with van der Waals surface area (Å²) in [6.45, 7) is 0. The van der Waals surface area contributed by atoms with Crippen molar-refractivity contribution in [2.24, 2.45) is 5.73 Å². The van der Waals surface area contributed by atoms with Gasteiger partial charge in [-0.2, -0.15) is 0 Å². The summed E-state index contributed by atoms with van der Waals surface area (Å²) in [6, 6.07) is 25.5. The first kappa shape index (κ1) is 15.6. The third-order valence-corrected chi connectivity index (χ3v) is 3.81. The molecule has 2 heteroatoms. The van der Waals surface area contributed by atoms with E-state index in [0.29, 0.717) is 0 Å². The molecule has 1 unspecified atom stereocenters. The molecule has 0 aliphatic carbocycles. The average Bonchev–Trinajstić information content (AvgIpc) is 2.53. The highest BCUT2D eigenvalue weighted by Gasteiger charge is 2.09. The molecule has 0 radical (unpaired) electrons. The second-order valence-corrected chi connectivity index (χ2v) is 5.20. The molecule has 0 aromatic heterocycles. The lowest BCUT2D eigenvalue weighted by atomic mass is 9.95. The number of hydrogen-bond donors (Lipinski definition) is 1. The SMILES string of the molecule is Cl.NC(CCc1ccccc1)c1cccc2ccccc12. The van der Waals surface area contributed by atoms with Crippen LogP contribution in [-0.2, 0) is 6.42 Å². The van der Waals surface area contributed by atoms with Crippen LogP contribution in [0, 0.1) is 0 Å². The van der Waals surface area contributed by atoms with E-state index in [0.717, 1.165) is 12.8 Å². The summed E-state index contributed by atoms with van der Waals surface area (Å²) in [5.74, 6) is 0. The highest BCUT2D eigenvalue weighted by molar-refractivity contribution is 5.86. The van der Waals surface area contributed by atoms with E-state index in [1.54, 1.807) is 0 Å². The van der Waals surface area contributed by atoms with Crippen LogP contribution < -0.4 is 5.73 Å². The molecule has 0 heterocycles. The molecule has 21 heavy (non-hydrogen) atoms. The van der Waals surface area contributed by atoms with Gasteiger partial charge in [0, 0.05) is 6.04 Å².